The van der Waals surface area contributed by atoms with Crippen molar-refractivity contribution in [3.63, 3.8) is 0 Å². The van der Waals surface area contributed by atoms with Gasteiger partial charge in [-0.05, 0) is 44.2 Å². The number of hydrogen-bond acceptors (Lipinski definition) is 5. The summed E-state index contributed by atoms with van der Waals surface area (Å²) >= 11 is 6.19. The molecule has 0 bridgehead atoms. The number of ether oxygens (including phenoxy) is 1. The van der Waals surface area contributed by atoms with Crippen molar-refractivity contribution in [3.05, 3.63) is 70.9 Å². The zero-order valence-electron chi connectivity index (χ0n) is 16.3. The summed E-state index contributed by atoms with van der Waals surface area (Å²) in [5.41, 5.74) is 1.47. The third kappa shape index (κ3) is 4.58. The Bertz CT molecular complexity index is 1160. The van der Waals surface area contributed by atoms with Crippen LogP contribution in [-0.2, 0) is 21.4 Å². The second-order valence-corrected chi connectivity index (χ2v) is 9.21. The number of fused-ring (bicyclic) bond motifs is 1. The average molecular weight is 433 g/mol. The molecule has 0 amide bonds. The van der Waals surface area contributed by atoms with Gasteiger partial charge in [-0.2, -0.15) is 4.31 Å². The summed E-state index contributed by atoms with van der Waals surface area (Å²) in [7, 11) is -2.20. The van der Waals surface area contributed by atoms with E-state index in [1.807, 2.05) is 30.3 Å². The smallest absolute Gasteiger partial charge is 0.338 e. The number of pyridine rings is 1. The molecule has 0 N–H and O–H groups in total. The van der Waals surface area contributed by atoms with E-state index in [2.05, 4.69) is 4.98 Å². The van der Waals surface area contributed by atoms with Crippen molar-refractivity contribution in [2.45, 2.75) is 31.4 Å². The quantitative estimate of drug-likeness (QED) is 0.429. The highest BCUT2D eigenvalue weighted by atomic mass is 35.5. The van der Waals surface area contributed by atoms with Gasteiger partial charge < -0.3 is 4.74 Å². The molecule has 0 atom stereocenters. The molecule has 1 aromatic heterocycles. The first-order valence-electron chi connectivity index (χ1n) is 8.99. The van der Waals surface area contributed by atoms with Crippen molar-refractivity contribution in [2.24, 2.45) is 0 Å². The Morgan fingerprint density at radius 1 is 1.14 bits per heavy atom. The van der Waals surface area contributed by atoms with Gasteiger partial charge in [-0.1, -0.05) is 35.9 Å². The highest BCUT2D eigenvalue weighted by molar-refractivity contribution is 7.89. The van der Waals surface area contributed by atoms with Crippen LogP contribution in [0.25, 0.3) is 10.9 Å². The summed E-state index contributed by atoms with van der Waals surface area (Å²) in [5, 5.41) is 1.14. The van der Waals surface area contributed by atoms with Gasteiger partial charge >= 0.3 is 5.97 Å². The number of esters is 1. The fraction of sp³-hybridized carbons (Fsp3) is 0.238. The van der Waals surface area contributed by atoms with Crippen molar-refractivity contribution in [1.82, 2.24) is 9.29 Å². The number of benzene rings is 2. The van der Waals surface area contributed by atoms with E-state index in [4.69, 9.17) is 16.3 Å². The number of halogens is 1. The second kappa shape index (κ2) is 8.49. The lowest BCUT2D eigenvalue weighted by atomic mass is 10.1. The number of aromatic nitrogens is 1. The Morgan fingerprint density at radius 2 is 1.86 bits per heavy atom. The number of nitrogens with zero attached hydrogens (tertiary/aromatic N) is 2. The van der Waals surface area contributed by atoms with E-state index < -0.39 is 16.0 Å². The van der Waals surface area contributed by atoms with Crippen LogP contribution in [0.1, 0.15) is 29.8 Å². The van der Waals surface area contributed by atoms with Crippen LogP contribution in [0.4, 0.5) is 0 Å². The minimum absolute atomic E-state index is 0.0357. The molecule has 3 rings (SSSR count). The molecule has 0 aliphatic heterocycles. The lowest BCUT2D eigenvalue weighted by molar-refractivity contribution is 0.0472. The molecule has 6 nitrogen and oxygen atoms in total. The SMILES string of the molecule is CC(C)N(C)S(=O)(=O)c1cccc(C(=O)OCc2cc3ccccc3nc2Cl)c1. The minimum Gasteiger partial charge on any atom is -0.457 e. The van der Waals surface area contributed by atoms with E-state index in [-0.39, 0.29) is 28.3 Å². The van der Waals surface area contributed by atoms with Crippen molar-refractivity contribution >= 4 is 38.5 Å². The molecule has 0 saturated heterocycles. The van der Waals surface area contributed by atoms with Crippen LogP contribution in [0.15, 0.2) is 59.5 Å². The van der Waals surface area contributed by atoms with Crippen molar-refractivity contribution in [3.8, 4) is 0 Å². The molecule has 8 heteroatoms. The number of rotatable bonds is 6. The van der Waals surface area contributed by atoms with Gasteiger partial charge in [-0.25, -0.2) is 18.2 Å². The minimum atomic E-state index is -3.70. The Balaban J connectivity index is 1.79. The molecule has 2 aromatic carbocycles. The summed E-state index contributed by atoms with van der Waals surface area (Å²) in [6, 6.07) is 14.9. The third-order valence-electron chi connectivity index (χ3n) is 4.58. The summed E-state index contributed by atoms with van der Waals surface area (Å²) < 4.78 is 31.9. The first-order chi connectivity index (χ1) is 13.7. The van der Waals surface area contributed by atoms with Crippen LogP contribution in [0.3, 0.4) is 0 Å². The first-order valence-corrected chi connectivity index (χ1v) is 10.8. The largest absolute Gasteiger partial charge is 0.457 e. The fourth-order valence-corrected chi connectivity index (χ4v) is 4.31. The Hall–Kier alpha value is -2.48. The summed E-state index contributed by atoms with van der Waals surface area (Å²) in [4.78, 5) is 16.8. The van der Waals surface area contributed by atoms with E-state index in [1.165, 1.54) is 35.6 Å². The Morgan fingerprint density at radius 3 is 2.59 bits per heavy atom. The van der Waals surface area contributed by atoms with E-state index in [9.17, 15) is 13.2 Å². The average Bonchev–Trinajstić information content (AvgIpc) is 2.71. The second-order valence-electron chi connectivity index (χ2n) is 6.85. The number of hydrogen-bond donors (Lipinski definition) is 0. The van der Waals surface area contributed by atoms with Crippen molar-refractivity contribution < 1.29 is 17.9 Å². The van der Waals surface area contributed by atoms with Crippen LogP contribution >= 0.6 is 11.6 Å². The first kappa shape index (κ1) is 21.2. The van der Waals surface area contributed by atoms with Gasteiger partial charge in [0, 0.05) is 24.0 Å². The molecule has 3 aromatic rings. The van der Waals surface area contributed by atoms with Crippen LogP contribution in [0.5, 0.6) is 0 Å². The van der Waals surface area contributed by atoms with Gasteiger partial charge in [-0.3, -0.25) is 0 Å². The summed E-state index contributed by atoms with van der Waals surface area (Å²) in [6.45, 7) is 3.48. The monoisotopic (exact) mass is 432 g/mol. The van der Waals surface area contributed by atoms with E-state index in [1.54, 1.807) is 13.8 Å². The Labute approximate surface area is 175 Å². The van der Waals surface area contributed by atoms with Crippen molar-refractivity contribution in [2.75, 3.05) is 7.05 Å². The van der Waals surface area contributed by atoms with Crippen LogP contribution in [0, 0.1) is 0 Å². The Kier molecular flexibility index (Phi) is 6.21. The maximum atomic E-state index is 12.6. The molecular formula is C21H21ClN2O4S. The topological polar surface area (TPSA) is 76.6 Å². The highest BCUT2D eigenvalue weighted by Gasteiger charge is 2.24. The molecule has 0 saturated carbocycles. The highest BCUT2D eigenvalue weighted by Crippen LogP contribution is 2.22. The van der Waals surface area contributed by atoms with Gasteiger partial charge in [-0.15, -0.1) is 0 Å². The molecule has 152 valence electrons. The number of sulfonamides is 1. The number of carbonyl (C=O) groups excluding carboxylic acids is 1. The third-order valence-corrected chi connectivity index (χ3v) is 6.94. The van der Waals surface area contributed by atoms with E-state index in [0.717, 1.165) is 10.9 Å². The van der Waals surface area contributed by atoms with Gasteiger partial charge in [0.15, 0.2) is 0 Å². The maximum Gasteiger partial charge on any atom is 0.338 e. The molecule has 0 spiro atoms. The number of para-hydroxylation sites is 1. The van der Waals surface area contributed by atoms with E-state index >= 15 is 0 Å². The summed E-state index contributed by atoms with van der Waals surface area (Å²) in [5.74, 6) is -0.640. The molecular weight excluding hydrogens is 412 g/mol. The molecule has 29 heavy (non-hydrogen) atoms. The lowest BCUT2D eigenvalue weighted by Crippen LogP contribution is -2.33. The van der Waals surface area contributed by atoms with Crippen LogP contribution in [0.2, 0.25) is 5.15 Å². The summed E-state index contributed by atoms with van der Waals surface area (Å²) in [6.07, 6.45) is 0. The zero-order valence-corrected chi connectivity index (χ0v) is 17.9. The molecule has 0 fully saturated rings. The predicted octanol–water partition coefficient (Wildman–Crippen LogP) is 4.27. The van der Waals surface area contributed by atoms with Gasteiger partial charge in [0.05, 0.1) is 16.0 Å². The normalized spacial score (nSPS) is 11.9. The molecule has 0 radical (unpaired) electrons. The number of carbonyl (C=O) groups is 1. The predicted molar refractivity (Wildman–Crippen MR) is 112 cm³/mol. The molecule has 0 unspecified atom stereocenters. The van der Waals surface area contributed by atoms with Gasteiger partial charge in [0.25, 0.3) is 0 Å². The van der Waals surface area contributed by atoms with Crippen LogP contribution < -0.4 is 0 Å². The lowest BCUT2D eigenvalue weighted by Gasteiger charge is -2.21. The molecule has 1 heterocycles. The molecule has 0 aliphatic rings. The standard InChI is InChI=1S/C21H21ClN2O4S/c1-14(2)24(3)29(26,27)18-9-6-8-16(12-18)21(25)28-13-17-11-15-7-4-5-10-19(15)23-20(17)22/h4-12,14H,13H2,1-3H3. The van der Waals surface area contributed by atoms with E-state index in [0.29, 0.717) is 5.56 Å². The fourth-order valence-electron chi connectivity index (χ4n) is 2.69. The van der Waals surface area contributed by atoms with Crippen LogP contribution in [-0.4, -0.2) is 36.8 Å². The van der Waals surface area contributed by atoms with Crippen molar-refractivity contribution in [1.29, 1.82) is 0 Å². The zero-order chi connectivity index (χ0) is 21.2. The molecule has 0 aliphatic carbocycles. The van der Waals surface area contributed by atoms with Gasteiger partial charge in [0.2, 0.25) is 10.0 Å². The maximum absolute atomic E-state index is 12.6. The van der Waals surface area contributed by atoms with Gasteiger partial charge in [0.1, 0.15) is 11.8 Å².